The van der Waals surface area contributed by atoms with Crippen LogP contribution in [-0.2, 0) is 4.79 Å². The van der Waals surface area contributed by atoms with Crippen molar-refractivity contribution in [2.45, 2.75) is 20.8 Å². The summed E-state index contributed by atoms with van der Waals surface area (Å²) in [6, 6.07) is 5.31. The van der Waals surface area contributed by atoms with E-state index in [0.29, 0.717) is 11.4 Å². The number of aryl methyl sites for hydroxylation is 1. The molecule has 6 heteroatoms. The van der Waals surface area contributed by atoms with Crippen molar-refractivity contribution >= 4 is 17.4 Å². The summed E-state index contributed by atoms with van der Waals surface area (Å²) in [6.07, 6.45) is 0. The van der Waals surface area contributed by atoms with E-state index in [2.05, 4.69) is 10.5 Å². The third kappa shape index (κ3) is 3.15. The average molecular weight is 265 g/mol. The largest absolute Gasteiger partial charge is 0.497 e. The number of nitrogens with one attached hydrogen (secondary N) is 1. The highest BCUT2D eigenvalue weighted by molar-refractivity contribution is 6.11. The second kappa shape index (κ2) is 5.60. The first-order chi connectivity index (χ1) is 8.82. The molecule has 0 spiro atoms. The zero-order valence-corrected chi connectivity index (χ0v) is 11.5. The van der Waals surface area contributed by atoms with E-state index < -0.39 is 5.41 Å². The topological polar surface area (TPSA) is 96.9 Å². The first kappa shape index (κ1) is 14.8. The van der Waals surface area contributed by atoms with Crippen LogP contribution in [0.4, 0.5) is 5.69 Å². The smallest absolute Gasteiger partial charge is 0.237 e. The van der Waals surface area contributed by atoms with Gasteiger partial charge in [-0.3, -0.25) is 4.79 Å². The summed E-state index contributed by atoms with van der Waals surface area (Å²) < 4.78 is 5.09. The lowest BCUT2D eigenvalue weighted by Gasteiger charge is -2.22. The number of ether oxygens (including phenoxy) is 1. The van der Waals surface area contributed by atoms with Gasteiger partial charge in [-0.15, -0.1) is 0 Å². The normalized spacial score (nSPS) is 12.1. The number of rotatable bonds is 4. The Bertz CT molecular complexity index is 510. The molecule has 6 nitrogen and oxygen atoms in total. The number of anilines is 1. The monoisotopic (exact) mass is 265 g/mol. The van der Waals surface area contributed by atoms with Crippen LogP contribution in [0.3, 0.4) is 0 Å². The predicted octanol–water partition coefficient (Wildman–Crippen LogP) is 1.71. The van der Waals surface area contributed by atoms with Gasteiger partial charge in [0.25, 0.3) is 0 Å². The zero-order valence-electron chi connectivity index (χ0n) is 11.5. The molecule has 0 aliphatic heterocycles. The van der Waals surface area contributed by atoms with Gasteiger partial charge in [0.05, 0.1) is 7.11 Å². The molecule has 1 amide bonds. The van der Waals surface area contributed by atoms with E-state index in [0.717, 1.165) is 5.56 Å². The highest BCUT2D eigenvalue weighted by Crippen LogP contribution is 2.24. The molecule has 0 heterocycles. The molecule has 0 atom stereocenters. The zero-order chi connectivity index (χ0) is 14.6. The highest BCUT2D eigenvalue weighted by atomic mass is 16.5. The number of amides is 1. The Kier molecular flexibility index (Phi) is 4.37. The molecule has 4 N–H and O–H groups in total. The first-order valence-electron chi connectivity index (χ1n) is 5.77. The van der Waals surface area contributed by atoms with Gasteiger partial charge in [-0.05, 0) is 44.5 Å². The van der Waals surface area contributed by atoms with Crippen molar-refractivity contribution in [1.29, 1.82) is 0 Å². The van der Waals surface area contributed by atoms with Gasteiger partial charge in [0.1, 0.15) is 11.2 Å². The standard InChI is InChI=1S/C13H19N3O3/c1-8-7-9(19-4)5-6-10(8)15-12(17)13(2,3)11(14)16-18/h5-7,18H,1-4H3,(H2,14,16)(H,15,17). The van der Waals surface area contributed by atoms with E-state index in [1.807, 2.05) is 13.0 Å². The van der Waals surface area contributed by atoms with Crippen molar-refractivity contribution in [3.8, 4) is 5.75 Å². The summed E-state index contributed by atoms with van der Waals surface area (Å²) in [5.74, 6) is 0.221. The number of oxime groups is 1. The number of hydrogen-bond acceptors (Lipinski definition) is 4. The molecule has 104 valence electrons. The number of amidine groups is 1. The van der Waals surface area contributed by atoms with Crippen molar-refractivity contribution in [3.05, 3.63) is 23.8 Å². The molecule has 0 saturated heterocycles. The van der Waals surface area contributed by atoms with Crippen molar-refractivity contribution in [3.63, 3.8) is 0 Å². The minimum Gasteiger partial charge on any atom is -0.497 e. The van der Waals surface area contributed by atoms with Crippen LogP contribution in [0.15, 0.2) is 23.4 Å². The molecule has 0 aromatic heterocycles. The Morgan fingerprint density at radius 2 is 2.11 bits per heavy atom. The van der Waals surface area contributed by atoms with Gasteiger partial charge in [-0.25, -0.2) is 0 Å². The molecule has 0 fully saturated rings. The number of nitrogens with zero attached hydrogens (tertiary/aromatic N) is 1. The molecule has 0 unspecified atom stereocenters. The summed E-state index contributed by atoms with van der Waals surface area (Å²) >= 11 is 0. The molecule has 0 bridgehead atoms. The number of benzene rings is 1. The lowest BCUT2D eigenvalue weighted by atomic mass is 9.90. The Morgan fingerprint density at radius 3 is 2.58 bits per heavy atom. The Hall–Kier alpha value is -2.24. The van der Waals surface area contributed by atoms with E-state index in [-0.39, 0.29) is 11.7 Å². The molecule has 0 saturated carbocycles. The lowest BCUT2D eigenvalue weighted by Crippen LogP contribution is -2.42. The summed E-state index contributed by atoms with van der Waals surface area (Å²) in [5, 5.41) is 14.3. The molecule has 19 heavy (non-hydrogen) atoms. The van der Waals surface area contributed by atoms with E-state index in [9.17, 15) is 4.79 Å². The number of nitrogens with two attached hydrogens (primary N) is 1. The quantitative estimate of drug-likeness (QED) is 0.334. The molecule has 0 radical (unpaired) electrons. The fraction of sp³-hybridized carbons (Fsp3) is 0.385. The van der Waals surface area contributed by atoms with Crippen LogP contribution in [0.2, 0.25) is 0 Å². The van der Waals surface area contributed by atoms with Gasteiger partial charge in [0.2, 0.25) is 5.91 Å². The maximum atomic E-state index is 12.1. The van der Waals surface area contributed by atoms with Crippen molar-refractivity contribution in [2.75, 3.05) is 12.4 Å². The number of carbonyl (C=O) groups excluding carboxylic acids is 1. The Balaban J connectivity index is 2.94. The van der Waals surface area contributed by atoms with Gasteiger partial charge in [0, 0.05) is 5.69 Å². The minimum atomic E-state index is -1.10. The van der Waals surface area contributed by atoms with Crippen LogP contribution in [0.5, 0.6) is 5.75 Å². The van der Waals surface area contributed by atoms with Crippen molar-refractivity contribution in [2.24, 2.45) is 16.3 Å². The molecule has 1 aromatic rings. The third-order valence-corrected chi connectivity index (χ3v) is 3.00. The van der Waals surface area contributed by atoms with E-state index in [1.165, 1.54) is 0 Å². The van der Waals surface area contributed by atoms with Crippen LogP contribution in [0.1, 0.15) is 19.4 Å². The number of methoxy groups -OCH3 is 1. The van der Waals surface area contributed by atoms with Gasteiger partial charge in [-0.2, -0.15) is 0 Å². The van der Waals surface area contributed by atoms with Crippen LogP contribution < -0.4 is 15.8 Å². The van der Waals surface area contributed by atoms with Crippen molar-refractivity contribution < 1.29 is 14.7 Å². The first-order valence-corrected chi connectivity index (χ1v) is 5.77. The fourth-order valence-electron chi connectivity index (χ4n) is 1.42. The van der Waals surface area contributed by atoms with E-state index in [4.69, 9.17) is 15.7 Å². The molecular formula is C13H19N3O3. The van der Waals surface area contributed by atoms with Crippen LogP contribution in [0.25, 0.3) is 0 Å². The number of carbonyl (C=O) groups is 1. The summed E-state index contributed by atoms with van der Waals surface area (Å²) in [7, 11) is 1.58. The summed E-state index contributed by atoms with van der Waals surface area (Å²) in [5.41, 5.74) is 5.93. The molecular weight excluding hydrogens is 246 g/mol. The highest BCUT2D eigenvalue weighted by Gasteiger charge is 2.33. The molecule has 0 aliphatic carbocycles. The average Bonchev–Trinajstić information content (AvgIpc) is 2.39. The third-order valence-electron chi connectivity index (χ3n) is 3.00. The summed E-state index contributed by atoms with van der Waals surface area (Å²) in [6.45, 7) is 5.01. The van der Waals surface area contributed by atoms with Gasteiger partial charge in [-0.1, -0.05) is 5.16 Å². The second-order valence-corrected chi connectivity index (χ2v) is 4.75. The SMILES string of the molecule is COc1ccc(NC(=O)C(C)(C)C(N)=NO)c(C)c1. The van der Waals surface area contributed by atoms with Crippen LogP contribution in [0, 0.1) is 12.3 Å². The lowest BCUT2D eigenvalue weighted by molar-refractivity contribution is -0.121. The molecule has 0 aliphatic rings. The van der Waals surface area contributed by atoms with Crippen molar-refractivity contribution in [1.82, 2.24) is 0 Å². The van der Waals surface area contributed by atoms with Gasteiger partial charge in [0.15, 0.2) is 5.84 Å². The van der Waals surface area contributed by atoms with E-state index in [1.54, 1.807) is 33.1 Å². The summed E-state index contributed by atoms with van der Waals surface area (Å²) in [4.78, 5) is 12.1. The van der Waals surface area contributed by atoms with Crippen LogP contribution in [-0.4, -0.2) is 24.1 Å². The van der Waals surface area contributed by atoms with Crippen LogP contribution >= 0.6 is 0 Å². The minimum absolute atomic E-state index is 0.142. The predicted molar refractivity (Wildman–Crippen MR) is 73.6 cm³/mol. The van der Waals surface area contributed by atoms with Gasteiger partial charge < -0.3 is 21.0 Å². The Labute approximate surface area is 112 Å². The van der Waals surface area contributed by atoms with E-state index >= 15 is 0 Å². The molecule has 1 rings (SSSR count). The maximum absolute atomic E-state index is 12.1. The number of hydrogen-bond donors (Lipinski definition) is 3. The second-order valence-electron chi connectivity index (χ2n) is 4.75. The maximum Gasteiger partial charge on any atom is 0.237 e. The fourth-order valence-corrected chi connectivity index (χ4v) is 1.42. The van der Waals surface area contributed by atoms with Gasteiger partial charge >= 0.3 is 0 Å². The Morgan fingerprint density at radius 1 is 1.47 bits per heavy atom. The molecule has 1 aromatic carbocycles.